The van der Waals surface area contributed by atoms with E-state index < -0.39 is 15.8 Å². The SMILES string of the molecule is CS(=O)(=O)CCCOc1ccc(-c2cccc(C3COc4cc5c(cc4O3)OC[C@H]5CC(=O)O)c2)c(Cl)c1. The van der Waals surface area contributed by atoms with Crippen molar-refractivity contribution in [1.82, 2.24) is 0 Å². The van der Waals surface area contributed by atoms with Gasteiger partial charge >= 0.3 is 5.97 Å². The van der Waals surface area contributed by atoms with E-state index in [4.69, 9.17) is 35.7 Å². The minimum atomic E-state index is -3.02. The van der Waals surface area contributed by atoms with Gasteiger partial charge in [-0.1, -0.05) is 29.8 Å². The van der Waals surface area contributed by atoms with Gasteiger partial charge in [0.05, 0.1) is 30.4 Å². The molecular formula is C28H27ClO8S. The van der Waals surface area contributed by atoms with Crippen molar-refractivity contribution >= 4 is 27.4 Å². The average Bonchev–Trinajstić information content (AvgIpc) is 3.25. The summed E-state index contributed by atoms with van der Waals surface area (Å²) in [5, 5.41) is 9.67. The van der Waals surface area contributed by atoms with E-state index in [0.29, 0.717) is 47.7 Å². The van der Waals surface area contributed by atoms with Crippen LogP contribution in [-0.2, 0) is 14.6 Å². The number of ether oxygens (including phenoxy) is 4. The third kappa shape index (κ3) is 6.00. The summed E-state index contributed by atoms with van der Waals surface area (Å²) in [4.78, 5) is 11.2. The first-order chi connectivity index (χ1) is 18.2. The van der Waals surface area contributed by atoms with Crippen LogP contribution in [-0.4, -0.2) is 51.3 Å². The van der Waals surface area contributed by atoms with E-state index in [1.807, 2.05) is 42.5 Å². The van der Waals surface area contributed by atoms with Gasteiger partial charge < -0.3 is 24.1 Å². The Hall–Kier alpha value is -3.43. The second-order valence-electron chi connectivity index (χ2n) is 9.46. The van der Waals surface area contributed by atoms with Gasteiger partial charge in [-0.25, -0.2) is 8.42 Å². The van der Waals surface area contributed by atoms with Gasteiger partial charge in [0.1, 0.15) is 27.9 Å². The van der Waals surface area contributed by atoms with Gasteiger partial charge in [-0.2, -0.15) is 0 Å². The summed E-state index contributed by atoms with van der Waals surface area (Å²) in [5.74, 6) is 1.32. The van der Waals surface area contributed by atoms with Gasteiger partial charge in [0.15, 0.2) is 17.6 Å². The Bertz CT molecular complexity index is 1470. The van der Waals surface area contributed by atoms with Crippen LogP contribution in [0.3, 0.4) is 0 Å². The van der Waals surface area contributed by atoms with E-state index in [-0.39, 0.29) is 30.8 Å². The Morgan fingerprint density at radius 2 is 1.87 bits per heavy atom. The second kappa shape index (κ2) is 10.7. The molecule has 3 aromatic carbocycles. The number of hydrogen-bond donors (Lipinski definition) is 1. The van der Waals surface area contributed by atoms with Crippen LogP contribution in [0.5, 0.6) is 23.0 Å². The monoisotopic (exact) mass is 558 g/mol. The van der Waals surface area contributed by atoms with E-state index in [1.165, 1.54) is 6.26 Å². The van der Waals surface area contributed by atoms with E-state index in [9.17, 15) is 13.2 Å². The lowest BCUT2D eigenvalue weighted by atomic mass is 9.97. The van der Waals surface area contributed by atoms with Gasteiger partial charge in [0.2, 0.25) is 0 Å². The molecule has 5 rings (SSSR count). The molecule has 8 nitrogen and oxygen atoms in total. The van der Waals surface area contributed by atoms with Crippen molar-refractivity contribution in [2.75, 3.05) is 31.8 Å². The van der Waals surface area contributed by atoms with Crippen LogP contribution in [0.15, 0.2) is 54.6 Å². The lowest BCUT2D eigenvalue weighted by Crippen LogP contribution is -2.21. The molecule has 2 atom stereocenters. The summed E-state index contributed by atoms with van der Waals surface area (Å²) >= 11 is 6.57. The predicted molar refractivity (Wildman–Crippen MR) is 143 cm³/mol. The zero-order valence-electron chi connectivity index (χ0n) is 20.7. The Labute approximate surface area is 226 Å². The first-order valence-electron chi connectivity index (χ1n) is 12.2. The molecule has 0 aliphatic carbocycles. The summed E-state index contributed by atoms with van der Waals surface area (Å²) < 4.78 is 46.2. The highest BCUT2D eigenvalue weighted by molar-refractivity contribution is 7.90. The summed E-state index contributed by atoms with van der Waals surface area (Å²) in [6.07, 6.45) is 1.26. The quantitative estimate of drug-likeness (QED) is 0.353. The summed E-state index contributed by atoms with van der Waals surface area (Å²) in [5.41, 5.74) is 3.47. The smallest absolute Gasteiger partial charge is 0.304 e. The Kier molecular flexibility index (Phi) is 7.40. The number of carbonyl (C=O) groups is 1. The minimum absolute atomic E-state index is 0.000902. The maximum absolute atomic E-state index is 11.3. The van der Waals surface area contributed by atoms with Crippen molar-refractivity contribution in [2.24, 2.45) is 0 Å². The molecule has 0 saturated heterocycles. The van der Waals surface area contributed by atoms with Crippen molar-refractivity contribution in [3.05, 3.63) is 70.7 Å². The third-order valence-electron chi connectivity index (χ3n) is 6.47. The first kappa shape index (κ1) is 26.2. The number of carboxylic acids is 1. The minimum Gasteiger partial charge on any atom is -0.494 e. The number of fused-ring (bicyclic) bond motifs is 2. The molecule has 2 aliphatic rings. The fraction of sp³-hybridized carbons (Fsp3) is 0.321. The summed E-state index contributed by atoms with van der Waals surface area (Å²) in [6.45, 7) is 0.905. The van der Waals surface area contributed by atoms with E-state index in [1.54, 1.807) is 12.1 Å². The zero-order chi connectivity index (χ0) is 26.9. The molecule has 2 heterocycles. The average molecular weight is 559 g/mol. The summed E-state index contributed by atoms with van der Waals surface area (Å²) in [7, 11) is -3.02. The van der Waals surface area contributed by atoms with Crippen LogP contribution < -0.4 is 18.9 Å². The lowest BCUT2D eigenvalue weighted by Gasteiger charge is -2.27. The van der Waals surface area contributed by atoms with Crippen LogP contribution >= 0.6 is 11.6 Å². The Morgan fingerprint density at radius 1 is 1.05 bits per heavy atom. The third-order valence-corrected chi connectivity index (χ3v) is 7.82. The fourth-order valence-corrected chi connectivity index (χ4v) is 5.54. The normalized spacial score (nSPS) is 17.9. The molecular weight excluding hydrogens is 532 g/mol. The Balaban J connectivity index is 1.29. The van der Waals surface area contributed by atoms with E-state index in [2.05, 4.69) is 0 Å². The number of hydrogen-bond acceptors (Lipinski definition) is 7. The molecule has 0 amide bonds. The van der Waals surface area contributed by atoms with Crippen molar-refractivity contribution in [2.45, 2.75) is 24.9 Å². The molecule has 0 radical (unpaired) electrons. The number of carboxylic acid groups (broad SMARTS) is 1. The molecule has 2 aliphatic heterocycles. The fourth-order valence-electron chi connectivity index (χ4n) is 4.62. The second-order valence-corrected chi connectivity index (χ2v) is 12.1. The number of rotatable bonds is 9. The van der Waals surface area contributed by atoms with Crippen molar-refractivity contribution in [3.8, 4) is 34.1 Å². The van der Waals surface area contributed by atoms with Crippen LogP contribution in [0.4, 0.5) is 0 Å². The maximum Gasteiger partial charge on any atom is 0.304 e. The van der Waals surface area contributed by atoms with Crippen molar-refractivity contribution in [3.63, 3.8) is 0 Å². The number of sulfone groups is 1. The molecule has 0 aromatic heterocycles. The van der Waals surface area contributed by atoms with Gasteiger partial charge in [0.25, 0.3) is 0 Å². The molecule has 0 saturated carbocycles. The predicted octanol–water partition coefficient (Wildman–Crippen LogP) is 5.28. The molecule has 1 N–H and O–H groups in total. The van der Waals surface area contributed by atoms with Crippen molar-refractivity contribution < 1.29 is 37.3 Å². The molecule has 10 heteroatoms. The van der Waals surface area contributed by atoms with Gasteiger partial charge in [-0.05, 0) is 47.9 Å². The highest BCUT2D eigenvalue weighted by Gasteiger charge is 2.31. The molecule has 1 unspecified atom stereocenters. The molecule has 0 bridgehead atoms. The zero-order valence-corrected chi connectivity index (χ0v) is 22.3. The highest BCUT2D eigenvalue weighted by Crippen LogP contribution is 2.46. The van der Waals surface area contributed by atoms with Crippen LogP contribution in [0.2, 0.25) is 5.02 Å². The van der Waals surface area contributed by atoms with Gasteiger partial charge in [-0.15, -0.1) is 0 Å². The largest absolute Gasteiger partial charge is 0.494 e. The van der Waals surface area contributed by atoms with Crippen molar-refractivity contribution in [1.29, 1.82) is 0 Å². The Morgan fingerprint density at radius 3 is 2.63 bits per heavy atom. The number of benzene rings is 3. The standard InChI is InChI=1S/C28H27ClO8S/c1-38(32,33)9-3-8-34-20-6-7-21(23(29)12-20)17-4-2-5-18(10-17)27-16-36-25-13-22-19(11-28(30)31)15-35-24(22)14-26(25)37-27/h2,4-7,10,12-14,19,27H,3,8-9,11,15-16H2,1H3,(H,30,31)/t19-,27?/m1/s1. The van der Waals surface area contributed by atoms with E-state index in [0.717, 1.165) is 22.3 Å². The van der Waals surface area contributed by atoms with Crippen LogP contribution in [0, 0.1) is 0 Å². The van der Waals surface area contributed by atoms with Crippen LogP contribution in [0.1, 0.15) is 36.0 Å². The van der Waals surface area contributed by atoms with E-state index >= 15 is 0 Å². The molecule has 3 aromatic rings. The molecule has 200 valence electrons. The van der Waals surface area contributed by atoms with Gasteiger partial charge in [-0.3, -0.25) is 4.79 Å². The topological polar surface area (TPSA) is 108 Å². The van der Waals surface area contributed by atoms with Crippen LogP contribution in [0.25, 0.3) is 11.1 Å². The molecule has 0 fully saturated rings. The number of aliphatic carboxylic acids is 1. The molecule has 38 heavy (non-hydrogen) atoms. The highest BCUT2D eigenvalue weighted by atomic mass is 35.5. The number of halogens is 1. The molecule has 0 spiro atoms. The first-order valence-corrected chi connectivity index (χ1v) is 14.6. The lowest BCUT2D eigenvalue weighted by molar-refractivity contribution is -0.137. The summed E-state index contributed by atoms with van der Waals surface area (Å²) in [6, 6.07) is 16.8. The maximum atomic E-state index is 11.3. The van der Waals surface area contributed by atoms with Gasteiger partial charge in [0, 0.05) is 29.4 Å².